The van der Waals surface area contributed by atoms with E-state index >= 15 is 0 Å². The van der Waals surface area contributed by atoms with Crippen LogP contribution in [0, 0.1) is 11.6 Å². The minimum absolute atomic E-state index is 0.125. The van der Waals surface area contributed by atoms with Gasteiger partial charge in [-0.25, -0.2) is 18.3 Å². The SMILES string of the molecule is CCN(CC)C(=O)NCc1nnn2c1COC1(CCN(Cc3cc(F)cc(F)c3)C1)C2. The van der Waals surface area contributed by atoms with Gasteiger partial charge in [0.2, 0.25) is 0 Å². The van der Waals surface area contributed by atoms with E-state index in [-0.39, 0.29) is 6.03 Å². The fourth-order valence-corrected chi connectivity index (χ4v) is 4.38. The van der Waals surface area contributed by atoms with E-state index in [2.05, 4.69) is 20.5 Å². The molecule has 2 amide bonds. The molecule has 1 atom stereocenters. The summed E-state index contributed by atoms with van der Waals surface area (Å²) in [6, 6.07) is 3.49. The van der Waals surface area contributed by atoms with Crippen LogP contribution >= 0.6 is 0 Å². The molecule has 1 saturated heterocycles. The van der Waals surface area contributed by atoms with Gasteiger partial charge in [0.25, 0.3) is 0 Å². The van der Waals surface area contributed by atoms with Crippen molar-refractivity contribution in [3.8, 4) is 0 Å². The van der Waals surface area contributed by atoms with Crippen molar-refractivity contribution in [1.82, 2.24) is 30.1 Å². The van der Waals surface area contributed by atoms with Crippen LogP contribution in [0.1, 0.15) is 37.2 Å². The molecule has 2 aliphatic rings. The van der Waals surface area contributed by atoms with Crippen molar-refractivity contribution in [2.75, 3.05) is 26.2 Å². The number of amides is 2. The van der Waals surface area contributed by atoms with E-state index in [1.165, 1.54) is 12.1 Å². The summed E-state index contributed by atoms with van der Waals surface area (Å²) < 4.78 is 35.1. The average molecular weight is 434 g/mol. The molecule has 1 aromatic carbocycles. The Morgan fingerprint density at radius 2 is 1.97 bits per heavy atom. The second-order valence-electron chi connectivity index (χ2n) is 8.18. The van der Waals surface area contributed by atoms with Crippen LogP contribution in [0.2, 0.25) is 0 Å². The monoisotopic (exact) mass is 434 g/mol. The van der Waals surface area contributed by atoms with Crippen LogP contribution in [0.15, 0.2) is 18.2 Å². The van der Waals surface area contributed by atoms with Crippen molar-refractivity contribution < 1.29 is 18.3 Å². The van der Waals surface area contributed by atoms with Gasteiger partial charge in [-0.05, 0) is 38.0 Å². The van der Waals surface area contributed by atoms with E-state index in [4.69, 9.17) is 4.74 Å². The Morgan fingerprint density at radius 3 is 2.68 bits per heavy atom. The van der Waals surface area contributed by atoms with Crippen LogP contribution in [0.25, 0.3) is 0 Å². The molecule has 1 N–H and O–H groups in total. The molecule has 8 nitrogen and oxygen atoms in total. The van der Waals surface area contributed by atoms with Crippen LogP contribution < -0.4 is 5.32 Å². The predicted octanol–water partition coefficient (Wildman–Crippen LogP) is 2.28. The van der Waals surface area contributed by atoms with Crippen molar-refractivity contribution in [3.05, 3.63) is 46.8 Å². The van der Waals surface area contributed by atoms with Crippen molar-refractivity contribution in [2.24, 2.45) is 0 Å². The number of likely N-dealkylation sites (tertiary alicyclic amines) is 1. The van der Waals surface area contributed by atoms with E-state index in [0.717, 1.165) is 24.7 Å². The Balaban J connectivity index is 1.37. The molecule has 0 bridgehead atoms. The van der Waals surface area contributed by atoms with Gasteiger partial charge in [0.15, 0.2) is 0 Å². The summed E-state index contributed by atoms with van der Waals surface area (Å²) in [7, 11) is 0. The first-order chi connectivity index (χ1) is 14.9. The van der Waals surface area contributed by atoms with Crippen LogP contribution in [-0.4, -0.2) is 62.6 Å². The zero-order valence-corrected chi connectivity index (χ0v) is 17.9. The van der Waals surface area contributed by atoms with Crippen molar-refractivity contribution in [1.29, 1.82) is 0 Å². The fourth-order valence-electron chi connectivity index (χ4n) is 4.38. The third-order valence-electron chi connectivity index (χ3n) is 6.05. The largest absolute Gasteiger partial charge is 0.365 e. The van der Waals surface area contributed by atoms with E-state index in [9.17, 15) is 13.6 Å². The molecule has 10 heteroatoms. The van der Waals surface area contributed by atoms with Crippen LogP contribution in [0.4, 0.5) is 13.6 Å². The van der Waals surface area contributed by atoms with E-state index in [1.807, 2.05) is 18.5 Å². The van der Waals surface area contributed by atoms with Crippen LogP contribution in [-0.2, 0) is 31.0 Å². The zero-order chi connectivity index (χ0) is 22.0. The minimum atomic E-state index is -0.564. The summed E-state index contributed by atoms with van der Waals surface area (Å²) in [5.41, 5.74) is 1.79. The van der Waals surface area contributed by atoms with Gasteiger partial charge in [-0.1, -0.05) is 5.21 Å². The van der Waals surface area contributed by atoms with Gasteiger partial charge in [0, 0.05) is 38.8 Å². The maximum Gasteiger partial charge on any atom is 0.317 e. The number of ether oxygens (including phenoxy) is 1. The topological polar surface area (TPSA) is 75.5 Å². The van der Waals surface area contributed by atoms with Gasteiger partial charge in [-0.15, -0.1) is 5.10 Å². The highest BCUT2D eigenvalue weighted by atomic mass is 19.1. The van der Waals surface area contributed by atoms with Crippen LogP contribution in [0.3, 0.4) is 0 Å². The third-order valence-corrected chi connectivity index (χ3v) is 6.05. The van der Waals surface area contributed by atoms with Gasteiger partial charge in [0.1, 0.15) is 22.9 Å². The molecule has 0 aliphatic carbocycles. The number of hydrogen-bond donors (Lipinski definition) is 1. The number of benzene rings is 1. The lowest BCUT2D eigenvalue weighted by molar-refractivity contribution is -0.0845. The number of halogens is 2. The van der Waals surface area contributed by atoms with Gasteiger partial charge in [-0.2, -0.15) is 0 Å². The number of fused-ring (bicyclic) bond motifs is 1. The van der Waals surface area contributed by atoms with E-state index in [0.29, 0.717) is 57.1 Å². The Labute approximate surface area is 180 Å². The Hall–Kier alpha value is -2.59. The number of nitrogens with zero attached hydrogens (tertiary/aromatic N) is 5. The Kier molecular flexibility index (Phi) is 6.19. The van der Waals surface area contributed by atoms with E-state index < -0.39 is 17.2 Å². The second kappa shape index (κ2) is 8.88. The maximum absolute atomic E-state index is 13.5. The number of urea groups is 1. The quantitative estimate of drug-likeness (QED) is 0.755. The number of nitrogens with one attached hydrogen (secondary N) is 1. The first-order valence-electron chi connectivity index (χ1n) is 10.7. The van der Waals surface area contributed by atoms with Gasteiger partial charge < -0.3 is 15.0 Å². The summed E-state index contributed by atoms with van der Waals surface area (Å²) in [4.78, 5) is 16.0. The molecule has 0 saturated carbocycles. The first-order valence-corrected chi connectivity index (χ1v) is 10.7. The molecule has 1 spiro atoms. The molecule has 1 aromatic heterocycles. The highest BCUT2D eigenvalue weighted by molar-refractivity contribution is 5.74. The lowest BCUT2D eigenvalue weighted by Gasteiger charge is -2.34. The van der Waals surface area contributed by atoms with Crippen molar-refractivity contribution >= 4 is 6.03 Å². The Morgan fingerprint density at radius 1 is 1.23 bits per heavy atom. The smallest absolute Gasteiger partial charge is 0.317 e. The summed E-state index contributed by atoms with van der Waals surface area (Å²) in [6.45, 7) is 8.29. The second-order valence-corrected chi connectivity index (χ2v) is 8.18. The molecule has 0 radical (unpaired) electrons. The fraction of sp³-hybridized carbons (Fsp3) is 0.571. The third kappa shape index (κ3) is 4.69. The molecule has 2 aromatic rings. The number of carbonyl (C=O) groups excluding carboxylic acids is 1. The van der Waals surface area contributed by atoms with E-state index in [1.54, 1.807) is 4.90 Å². The van der Waals surface area contributed by atoms with Gasteiger partial charge in [-0.3, -0.25) is 4.90 Å². The number of rotatable bonds is 6. The summed E-state index contributed by atoms with van der Waals surface area (Å²) >= 11 is 0. The molecule has 168 valence electrons. The lowest BCUT2D eigenvalue weighted by atomic mass is 10.0. The first kappa shape index (κ1) is 21.6. The van der Waals surface area contributed by atoms with Gasteiger partial charge in [0.05, 0.1) is 25.4 Å². The normalized spacial score (nSPS) is 20.8. The number of aromatic nitrogens is 3. The standard InChI is InChI=1S/C21H28F2N6O2/c1-3-28(4-2)20(30)24-10-18-19-12-31-21(14-29(19)26-25-18)5-6-27(13-21)11-15-7-16(22)9-17(23)8-15/h7-9H,3-6,10-14H2,1-2H3,(H,24,30). The zero-order valence-electron chi connectivity index (χ0n) is 17.9. The molecular weight excluding hydrogens is 406 g/mol. The average Bonchev–Trinajstić information content (AvgIpc) is 3.30. The molecule has 1 unspecified atom stereocenters. The minimum Gasteiger partial charge on any atom is -0.365 e. The number of carbonyl (C=O) groups is 1. The highest BCUT2D eigenvalue weighted by Gasteiger charge is 2.43. The highest BCUT2D eigenvalue weighted by Crippen LogP contribution is 2.33. The molecule has 3 heterocycles. The summed E-state index contributed by atoms with van der Waals surface area (Å²) in [5.74, 6) is -1.13. The lowest BCUT2D eigenvalue weighted by Crippen LogP contribution is -2.44. The van der Waals surface area contributed by atoms with Crippen molar-refractivity contribution in [3.63, 3.8) is 0 Å². The summed E-state index contributed by atoms with van der Waals surface area (Å²) in [6.07, 6.45) is 0.804. The maximum atomic E-state index is 13.5. The molecule has 4 rings (SSSR count). The number of hydrogen-bond acceptors (Lipinski definition) is 5. The Bertz CT molecular complexity index is 928. The predicted molar refractivity (Wildman–Crippen MR) is 109 cm³/mol. The van der Waals surface area contributed by atoms with Crippen molar-refractivity contribution in [2.45, 2.75) is 52.1 Å². The molecular formula is C21H28F2N6O2. The molecule has 2 aliphatic heterocycles. The molecule has 1 fully saturated rings. The molecule has 31 heavy (non-hydrogen) atoms. The van der Waals surface area contributed by atoms with Crippen LogP contribution in [0.5, 0.6) is 0 Å². The summed E-state index contributed by atoms with van der Waals surface area (Å²) in [5, 5.41) is 11.4. The van der Waals surface area contributed by atoms with Gasteiger partial charge >= 0.3 is 6.03 Å².